The van der Waals surface area contributed by atoms with Crippen molar-refractivity contribution >= 4 is 17.2 Å². The average Bonchev–Trinajstić information content (AvgIpc) is 3.05. The standard InChI is InChI=1S/C19H23N5O/c1-4-23(11-16-8-9-24-17(10-16)20-13-21-24)12-18(25)22-19-14(2)6-5-7-15(19)3/h5-10,13H,4,11-12H2,1-3H3,(H,22,25). The molecule has 3 aromatic rings. The van der Waals surface area contributed by atoms with E-state index >= 15 is 0 Å². The minimum Gasteiger partial charge on any atom is -0.324 e. The Hall–Kier alpha value is -2.73. The number of carbonyl (C=O) groups is 1. The smallest absolute Gasteiger partial charge is 0.238 e. The van der Waals surface area contributed by atoms with Crippen molar-refractivity contribution < 1.29 is 4.79 Å². The van der Waals surface area contributed by atoms with E-state index in [2.05, 4.69) is 27.2 Å². The lowest BCUT2D eigenvalue weighted by molar-refractivity contribution is -0.117. The Morgan fingerprint density at radius 3 is 2.72 bits per heavy atom. The number of rotatable bonds is 6. The molecular weight excluding hydrogens is 314 g/mol. The highest BCUT2D eigenvalue weighted by Gasteiger charge is 2.12. The number of carbonyl (C=O) groups excluding carboxylic acids is 1. The molecule has 0 radical (unpaired) electrons. The maximum atomic E-state index is 12.5. The zero-order chi connectivity index (χ0) is 17.8. The summed E-state index contributed by atoms with van der Waals surface area (Å²) in [6.07, 6.45) is 3.43. The summed E-state index contributed by atoms with van der Waals surface area (Å²) in [5.41, 5.74) is 4.99. The Bertz CT molecular complexity index is 866. The van der Waals surface area contributed by atoms with Gasteiger partial charge < -0.3 is 5.32 Å². The monoisotopic (exact) mass is 337 g/mol. The van der Waals surface area contributed by atoms with E-state index in [0.29, 0.717) is 13.1 Å². The zero-order valence-electron chi connectivity index (χ0n) is 14.9. The van der Waals surface area contributed by atoms with E-state index in [1.54, 1.807) is 4.52 Å². The molecule has 6 nitrogen and oxygen atoms in total. The van der Waals surface area contributed by atoms with Gasteiger partial charge in [-0.05, 0) is 49.2 Å². The van der Waals surface area contributed by atoms with Gasteiger partial charge in [0.25, 0.3) is 0 Å². The molecule has 0 fully saturated rings. The lowest BCUT2D eigenvalue weighted by Gasteiger charge is -2.20. The van der Waals surface area contributed by atoms with Crippen molar-refractivity contribution in [1.82, 2.24) is 19.5 Å². The van der Waals surface area contributed by atoms with Crippen molar-refractivity contribution in [3.05, 3.63) is 59.5 Å². The number of amides is 1. The minimum absolute atomic E-state index is 0.00260. The van der Waals surface area contributed by atoms with Crippen molar-refractivity contribution in [2.75, 3.05) is 18.4 Å². The fourth-order valence-corrected chi connectivity index (χ4v) is 2.89. The summed E-state index contributed by atoms with van der Waals surface area (Å²) < 4.78 is 1.73. The van der Waals surface area contributed by atoms with Crippen LogP contribution in [0.4, 0.5) is 5.69 Å². The van der Waals surface area contributed by atoms with Crippen LogP contribution >= 0.6 is 0 Å². The molecule has 1 aromatic carbocycles. The lowest BCUT2D eigenvalue weighted by Crippen LogP contribution is -2.33. The van der Waals surface area contributed by atoms with Gasteiger partial charge in [0.1, 0.15) is 6.33 Å². The Morgan fingerprint density at radius 1 is 1.24 bits per heavy atom. The Labute approximate surface area is 147 Å². The molecule has 0 aliphatic heterocycles. The van der Waals surface area contributed by atoms with Crippen LogP contribution in [0.2, 0.25) is 0 Å². The molecule has 0 saturated carbocycles. The maximum absolute atomic E-state index is 12.5. The van der Waals surface area contributed by atoms with Crippen LogP contribution in [0.1, 0.15) is 23.6 Å². The molecule has 130 valence electrons. The summed E-state index contributed by atoms with van der Waals surface area (Å²) in [7, 11) is 0. The number of nitrogens with one attached hydrogen (secondary N) is 1. The van der Waals surface area contributed by atoms with Crippen LogP contribution in [0.3, 0.4) is 0 Å². The SMILES string of the molecule is CCN(CC(=O)Nc1c(C)cccc1C)Cc1ccn2ncnc2c1. The molecule has 1 amide bonds. The van der Waals surface area contributed by atoms with Crippen molar-refractivity contribution in [3.63, 3.8) is 0 Å². The number of pyridine rings is 1. The number of aryl methyl sites for hydroxylation is 2. The number of aromatic nitrogens is 3. The van der Waals surface area contributed by atoms with Crippen LogP contribution in [0.15, 0.2) is 42.9 Å². The molecule has 0 saturated heterocycles. The molecule has 0 aliphatic carbocycles. The number of hydrogen-bond acceptors (Lipinski definition) is 4. The number of benzene rings is 1. The molecule has 0 aliphatic rings. The first-order valence-corrected chi connectivity index (χ1v) is 8.43. The minimum atomic E-state index is 0.00260. The Kier molecular flexibility index (Phi) is 5.09. The molecule has 6 heteroatoms. The van der Waals surface area contributed by atoms with Crippen molar-refractivity contribution in [3.8, 4) is 0 Å². The third kappa shape index (κ3) is 4.03. The van der Waals surface area contributed by atoms with Gasteiger partial charge in [0, 0.05) is 18.4 Å². The van der Waals surface area contributed by atoms with E-state index in [1.807, 2.05) is 50.4 Å². The number of nitrogens with zero attached hydrogens (tertiary/aromatic N) is 4. The van der Waals surface area contributed by atoms with E-state index in [9.17, 15) is 4.79 Å². The predicted molar refractivity (Wildman–Crippen MR) is 98.5 cm³/mol. The second-order valence-corrected chi connectivity index (χ2v) is 6.22. The molecule has 1 N–H and O–H groups in total. The fraction of sp³-hybridized carbons (Fsp3) is 0.316. The normalized spacial score (nSPS) is 11.2. The summed E-state index contributed by atoms with van der Waals surface area (Å²) in [5, 5.41) is 7.15. The Morgan fingerprint density at radius 2 is 2.00 bits per heavy atom. The first kappa shape index (κ1) is 17.1. The highest BCUT2D eigenvalue weighted by atomic mass is 16.2. The number of anilines is 1. The molecule has 0 unspecified atom stereocenters. The second-order valence-electron chi connectivity index (χ2n) is 6.22. The molecule has 3 rings (SSSR count). The predicted octanol–water partition coefficient (Wildman–Crippen LogP) is 2.81. The van der Waals surface area contributed by atoms with E-state index in [4.69, 9.17) is 0 Å². The van der Waals surface area contributed by atoms with Gasteiger partial charge in [0.15, 0.2) is 5.65 Å². The van der Waals surface area contributed by atoms with Gasteiger partial charge in [-0.2, -0.15) is 5.10 Å². The topological polar surface area (TPSA) is 62.5 Å². The summed E-state index contributed by atoms with van der Waals surface area (Å²) in [4.78, 5) is 18.8. The van der Waals surface area contributed by atoms with Crippen molar-refractivity contribution in [2.45, 2.75) is 27.3 Å². The van der Waals surface area contributed by atoms with Crippen LogP contribution in [0.25, 0.3) is 5.65 Å². The van der Waals surface area contributed by atoms with Gasteiger partial charge in [0.2, 0.25) is 5.91 Å². The molecule has 2 aromatic heterocycles. The second kappa shape index (κ2) is 7.44. The van der Waals surface area contributed by atoms with Crippen LogP contribution in [-0.4, -0.2) is 38.5 Å². The molecule has 0 spiro atoms. The third-order valence-electron chi connectivity index (χ3n) is 4.31. The van der Waals surface area contributed by atoms with Crippen LogP contribution in [-0.2, 0) is 11.3 Å². The average molecular weight is 337 g/mol. The highest BCUT2D eigenvalue weighted by Crippen LogP contribution is 2.19. The van der Waals surface area contributed by atoms with Gasteiger partial charge in [-0.1, -0.05) is 25.1 Å². The maximum Gasteiger partial charge on any atom is 0.238 e. The number of hydrogen-bond donors (Lipinski definition) is 1. The van der Waals surface area contributed by atoms with Gasteiger partial charge in [0.05, 0.1) is 6.54 Å². The summed E-state index contributed by atoms with van der Waals surface area (Å²) in [5.74, 6) is 0.00260. The van der Waals surface area contributed by atoms with Crippen LogP contribution < -0.4 is 5.32 Å². The molecule has 0 bridgehead atoms. The lowest BCUT2D eigenvalue weighted by atomic mass is 10.1. The van der Waals surface area contributed by atoms with Crippen LogP contribution in [0.5, 0.6) is 0 Å². The molecule has 0 atom stereocenters. The summed E-state index contributed by atoms with van der Waals surface area (Å²) in [6, 6.07) is 10.0. The molecule has 2 heterocycles. The quantitative estimate of drug-likeness (QED) is 0.751. The van der Waals surface area contributed by atoms with Gasteiger partial charge >= 0.3 is 0 Å². The number of fused-ring (bicyclic) bond motifs is 1. The van der Waals surface area contributed by atoms with Gasteiger partial charge in [-0.3, -0.25) is 9.69 Å². The first-order chi connectivity index (χ1) is 12.1. The van der Waals surface area contributed by atoms with Gasteiger partial charge in [-0.15, -0.1) is 0 Å². The zero-order valence-corrected chi connectivity index (χ0v) is 14.9. The van der Waals surface area contributed by atoms with E-state index in [0.717, 1.165) is 34.6 Å². The van der Waals surface area contributed by atoms with Crippen LogP contribution in [0, 0.1) is 13.8 Å². The van der Waals surface area contributed by atoms with Gasteiger partial charge in [-0.25, -0.2) is 9.50 Å². The summed E-state index contributed by atoms with van der Waals surface area (Å²) in [6.45, 7) is 7.91. The third-order valence-corrected chi connectivity index (χ3v) is 4.31. The highest BCUT2D eigenvalue weighted by molar-refractivity contribution is 5.93. The first-order valence-electron chi connectivity index (χ1n) is 8.43. The largest absolute Gasteiger partial charge is 0.324 e. The van der Waals surface area contributed by atoms with Crippen molar-refractivity contribution in [2.24, 2.45) is 0 Å². The summed E-state index contributed by atoms with van der Waals surface area (Å²) >= 11 is 0. The van der Waals surface area contributed by atoms with E-state index < -0.39 is 0 Å². The number of likely N-dealkylation sites (N-methyl/N-ethyl adjacent to an activating group) is 1. The van der Waals surface area contributed by atoms with E-state index in [1.165, 1.54) is 6.33 Å². The fourth-order valence-electron chi connectivity index (χ4n) is 2.89. The Balaban J connectivity index is 1.66. The number of para-hydroxylation sites is 1. The molecule has 25 heavy (non-hydrogen) atoms. The molecular formula is C19H23N5O. The van der Waals surface area contributed by atoms with Crippen molar-refractivity contribution in [1.29, 1.82) is 0 Å². The van der Waals surface area contributed by atoms with E-state index in [-0.39, 0.29) is 5.91 Å².